The van der Waals surface area contributed by atoms with Gasteiger partial charge >= 0.3 is 0 Å². The maximum atomic E-state index is 12.9. The van der Waals surface area contributed by atoms with Crippen LogP contribution in [0.2, 0.25) is 0 Å². The zero-order valence-electron chi connectivity index (χ0n) is 12.1. The van der Waals surface area contributed by atoms with Gasteiger partial charge in [-0.25, -0.2) is 8.42 Å². The largest absolute Gasteiger partial charge is 0.377 e. The summed E-state index contributed by atoms with van der Waals surface area (Å²) in [5.74, 6) is 0.288. The first-order valence-corrected chi connectivity index (χ1v) is 9.59. The van der Waals surface area contributed by atoms with Crippen LogP contribution in [0.1, 0.15) is 24.5 Å². The fraction of sp³-hybridized carbons (Fsp3) is 0.571. The van der Waals surface area contributed by atoms with E-state index >= 15 is 0 Å². The minimum absolute atomic E-state index is 0.0987. The van der Waals surface area contributed by atoms with E-state index in [2.05, 4.69) is 15.9 Å². The van der Waals surface area contributed by atoms with Crippen LogP contribution in [0.15, 0.2) is 21.5 Å². The molecule has 1 fully saturated rings. The molecule has 1 heterocycles. The van der Waals surface area contributed by atoms with E-state index < -0.39 is 10.0 Å². The number of aryl methyl sites for hydroxylation is 1. The lowest BCUT2D eigenvalue weighted by molar-refractivity contribution is 0.0752. The average molecular weight is 397 g/mol. The number of hydrogen-bond acceptors (Lipinski definition) is 3. The molecule has 21 heavy (non-hydrogen) atoms. The van der Waals surface area contributed by atoms with E-state index in [1.165, 1.54) is 4.31 Å². The molecule has 1 unspecified atom stereocenters. The van der Waals surface area contributed by atoms with Crippen LogP contribution in [-0.4, -0.2) is 38.5 Å². The molecule has 1 aromatic rings. The Morgan fingerprint density at radius 1 is 1.48 bits per heavy atom. The molecule has 0 saturated carbocycles. The molecule has 7 heteroatoms. The van der Waals surface area contributed by atoms with Crippen LogP contribution in [0.3, 0.4) is 0 Å². The van der Waals surface area contributed by atoms with Crippen molar-refractivity contribution < 1.29 is 13.2 Å². The van der Waals surface area contributed by atoms with Crippen LogP contribution in [0.4, 0.5) is 0 Å². The van der Waals surface area contributed by atoms with Crippen molar-refractivity contribution in [2.45, 2.75) is 37.1 Å². The van der Waals surface area contributed by atoms with E-state index in [0.29, 0.717) is 30.6 Å². The quantitative estimate of drug-likeness (QED) is 0.737. The molecule has 118 valence electrons. The topological polar surface area (TPSA) is 46.6 Å². The van der Waals surface area contributed by atoms with Gasteiger partial charge in [0.25, 0.3) is 0 Å². The Hall–Kier alpha value is -0.140. The molecule has 1 saturated heterocycles. The average Bonchev–Trinajstić information content (AvgIpc) is 2.66. The van der Waals surface area contributed by atoms with Crippen LogP contribution in [0, 0.1) is 6.92 Å². The van der Waals surface area contributed by atoms with Gasteiger partial charge in [0.05, 0.1) is 11.0 Å². The number of nitrogens with zero attached hydrogens (tertiary/aromatic N) is 1. The third kappa shape index (κ3) is 3.79. The minimum Gasteiger partial charge on any atom is -0.377 e. The van der Waals surface area contributed by atoms with Gasteiger partial charge in [-0.3, -0.25) is 0 Å². The van der Waals surface area contributed by atoms with E-state index in [9.17, 15) is 8.42 Å². The lowest BCUT2D eigenvalue weighted by Gasteiger charge is -2.23. The normalized spacial score (nSPS) is 21.2. The van der Waals surface area contributed by atoms with Crippen LogP contribution in [0.5, 0.6) is 0 Å². The number of ether oxygens (including phenoxy) is 1. The highest BCUT2D eigenvalue weighted by Gasteiger charge is 2.30. The summed E-state index contributed by atoms with van der Waals surface area (Å²) in [6.45, 7) is 5.20. The van der Waals surface area contributed by atoms with Gasteiger partial charge in [0.1, 0.15) is 0 Å². The van der Waals surface area contributed by atoms with E-state index in [1.54, 1.807) is 6.07 Å². The van der Waals surface area contributed by atoms with Crippen molar-refractivity contribution in [2.75, 3.05) is 19.7 Å². The second-order valence-corrected chi connectivity index (χ2v) is 8.22. The third-order valence-corrected chi connectivity index (χ3v) is 6.98. The van der Waals surface area contributed by atoms with Crippen LogP contribution in [0.25, 0.3) is 0 Å². The van der Waals surface area contributed by atoms with Gasteiger partial charge < -0.3 is 4.74 Å². The van der Waals surface area contributed by atoms with Crippen molar-refractivity contribution in [1.29, 1.82) is 0 Å². The monoisotopic (exact) mass is 395 g/mol. The Kier molecular flexibility index (Phi) is 5.71. The van der Waals surface area contributed by atoms with Gasteiger partial charge in [-0.05, 0) is 53.4 Å². The van der Waals surface area contributed by atoms with E-state index in [0.717, 1.165) is 11.1 Å². The van der Waals surface area contributed by atoms with Crippen molar-refractivity contribution in [1.82, 2.24) is 4.31 Å². The standard InChI is InChI=1S/C14H19BrClNO3S/c1-10-6-12(8-16)7-13(14(10)15)21(18,19)17-4-3-5-20-11(2)9-17/h6-7,11H,3-5,8-9H2,1-2H3. The highest BCUT2D eigenvalue weighted by Crippen LogP contribution is 2.31. The van der Waals surface area contributed by atoms with Gasteiger partial charge in [0.2, 0.25) is 10.0 Å². The highest BCUT2D eigenvalue weighted by molar-refractivity contribution is 9.10. The molecule has 1 aliphatic heterocycles. The molecule has 0 radical (unpaired) electrons. The van der Waals surface area contributed by atoms with Crippen molar-refractivity contribution in [3.8, 4) is 0 Å². The van der Waals surface area contributed by atoms with Crippen molar-refractivity contribution >= 4 is 37.6 Å². The summed E-state index contributed by atoms with van der Waals surface area (Å²) < 4.78 is 33.5. The van der Waals surface area contributed by atoms with Gasteiger partial charge in [-0.15, -0.1) is 11.6 Å². The summed E-state index contributed by atoms with van der Waals surface area (Å²) in [5.41, 5.74) is 1.67. The van der Waals surface area contributed by atoms with Gasteiger partial charge in [0.15, 0.2) is 0 Å². The number of hydrogen-bond donors (Lipinski definition) is 0. The number of sulfonamides is 1. The predicted molar refractivity (Wildman–Crippen MR) is 87.2 cm³/mol. The van der Waals surface area contributed by atoms with Crippen molar-refractivity contribution in [2.24, 2.45) is 0 Å². The molecule has 0 N–H and O–H groups in total. The highest BCUT2D eigenvalue weighted by atomic mass is 79.9. The zero-order chi connectivity index (χ0) is 15.6. The Labute approximate surface area is 139 Å². The first kappa shape index (κ1) is 17.2. The molecular formula is C14H19BrClNO3S. The Morgan fingerprint density at radius 2 is 2.19 bits per heavy atom. The predicted octanol–water partition coefficient (Wildman–Crippen LogP) is 3.30. The Morgan fingerprint density at radius 3 is 2.86 bits per heavy atom. The van der Waals surface area contributed by atoms with E-state index in [-0.39, 0.29) is 16.9 Å². The summed E-state index contributed by atoms with van der Waals surface area (Å²) in [4.78, 5) is 0.284. The van der Waals surface area contributed by atoms with Crippen LogP contribution < -0.4 is 0 Å². The molecule has 1 aliphatic rings. The number of alkyl halides is 1. The molecule has 0 spiro atoms. The molecule has 0 bridgehead atoms. The molecule has 1 aromatic carbocycles. The molecule has 2 rings (SSSR count). The molecule has 4 nitrogen and oxygen atoms in total. The van der Waals surface area contributed by atoms with Crippen LogP contribution in [-0.2, 0) is 20.6 Å². The number of rotatable bonds is 3. The maximum Gasteiger partial charge on any atom is 0.244 e. The second-order valence-electron chi connectivity index (χ2n) is 5.26. The van der Waals surface area contributed by atoms with Crippen LogP contribution >= 0.6 is 27.5 Å². The molecule has 0 amide bonds. The zero-order valence-corrected chi connectivity index (χ0v) is 15.3. The Bertz CT molecular complexity index is 621. The maximum absolute atomic E-state index is 12.9. The number of benzene rings is 1. The first-order valence-electron chi connectivity index (χ1n) is 6.83. The van der Waals surface area contributed by atoms with Gasteiger partial charge in [-0.1, -0.05) is 6.07 Å². The molecule has 1 atom stereocenters. The smallest absolute Gasteiger partial charge is 0.244 e. The summed E-state index contributed by atoms with van der Waals surface area (Å²) in [6.07, 6.45) is 0.605. The lowest BCUT2D eigenvalue weighted by atomic mass is 10.2. The van der Waals surface area contributed by atoms with E-state index in [1.807, 2.05) is 19.9 Å². The van der Waals surface area contributed by atoms with Crippen molar-refractivity contribution in [3.05, 3.63) is 27.7 Å². The number of halogens is 2. The molecule has 0 aromatic heterocycles. The fourth-order valence-corrected chi connectivity index (χ4v) is 5.13. The first-order chi connectivity index (χ1) is 9.86. The molecule has 0 aliphatic carbocycles. The SMILES string of the molecule is Cc1cc(CCl)cc(S(=O)(=O)N2CCCOC(C)C2)c1Br. The van der Waals surface area contributed by atoms with Gasteiger partial charge in [-0.2, -0.15) is 4.31 Å². The van der Waals surface area contributed by atoms with Crippen molar-refractivity contribution in [3.63, 3.8) is 0 Å². The Balaban J connectivity index is 2.45. The van der Waals surface area contributed by atoms with Gasteiger partial charge in [0, 0.05) is 30.0 Å². The fourth-order valence-electron chi connectivity index (χ4n) is 2.39. The summed E-state index contributed by atoms with van der Waals surface area (Å²) in [5, 5.41) is 0. The summed E-state index contributed by atoms with van der Waals surface area (Å²) in [6, 6.07) is 3.54. The summed E-state index contributed by atoms with van der Waals surface area (Å²) >= 11 is 9.27. The summed E-state index contributed by atoms with van der Waals surface area (Å²) in [7, 11) is -3.56. The minimum atomic E-state index is -3.56. The second kappa shape index (κ2) is 6.96. The lowest BCUT2D eigenvalue weighted by Crippen LogP contribution is -2.36. The third-order valence-electron chi connectivity index (χ3n) is 3.47. The molecular weight excluding hydrogens is 378 g/mol. The van der Waals surface area contributed by atoms with E-state index in [4.69, 9.17) is 16.3 Å².